The van der Waals surface area contributed by atoms with Gasteiger partial charge in [0.1, 0.15) is 5.60 Å². The Morgan fingerprint density at radius 3 is 2.18 bits per heavy atom. The van der Waals surface area contributed by atoms with E-state index in [1.807, 2.05) is 5.32 Å². The number of carbonyl (C=O) groups excluding carboxylic acids is 3. The largest absolute Gasteiger partial charge is 0.548 e. The predicted molar refractivity (Wildman–Crippen MR) is 54.8 cm³/mol. The maximum atomic E-state index is 11.3. The SMILES string of the molecule is COC(=O)CC(NC(=O)OC(C)(C)C)C(=O)[O-]. The van der Waals surface area contributed by atoms with E-state index in [-0.39, 0.29) is 0 Å². The number of nitrogens with one attached hydrogen (secondary N) is 1. The molecule has 1 unspecified atom stereocenters. The Labute approximate surface area is 99.1 Å². The minimum Gasteiger partial charge on any atom is -0.548 e. The minimum absolute atomic E-state index is 0.516. The van der Waals surface area contributed by atoms with Crippen LogP contribution < -0.4 is 10.4 Å². The molecule has 0 aromatic rings. The molecule has 7 heteroatoms. The third-order valence-electron chi connectivity index (χ3n) is 1.57. The first kappa shape index (κ1) is 15.2. The molecule has 0 aliphatic heterocycles. The zero-order chi connectivity index (χ0) is 13.6. The van der Waals surface area contributed by atoms with Crippen molar-refractivity contribution in [1.82, 2.24) is 5.32 Å². The molecule has 17 heavy (non-hydrogen) atoms. The minimum atomic E-state index is -1.58. The molecule has 0 aliphatic carbocycles. The molecule has 0 bridgehead atoms. The van der Waals surface area contributed by atoms with E-state index in [0.29, 0.717) is 0 Å². The Hall–Kier alpha value is -1.79. The lowest BCUT2D eigenvalue weighted by Gasteiger charge is -2.23. The van der Waals surface area contributed by atoms with Gasteiger partial charge in [-0.15, -0.1) is 0 Å². The maximum Gasteiger partial charge on any atom is 0.408 e. The van der Waals surface area contributed by atoms with Crippen molar-refractivity contribution in [3.8, 4) is 0 Å². The van der Waals surface area contributed by atoms with E-state index in [9.17, 15) is 19.5 Å². The molecule has 1 amide bonds. The number of esters is 1. The van der Waals surface area contributed by atoms with Gasteiger partial charge in [-0.1, -0.05) is 0 Å². The molecule has 0 fully saturated rings. The summed E-state index contributed by atoms with van der Waals surface area (Å²) in [7, 11) is 1.11. The first-order valence-corrected chi connectivity index (χ1v) is 4.93. The van der Waals surface area contributed by atoms with Crippen molar-refractivity contribution in [2.45, 2.75) is 38.8 Å². The van der Waals surface area contributed by atoms with Crippen LogP contribution in [0.5, 0.6) is 0 Å². The van der Waals surface area contributed by atoms with E-state index in [0.717, 1.165) is 7.11 Å². The Kier molecular flexibility index (Phi) is 5.43. The van der Waals surface area contributed by atoms with Crippen LogP contribution in [0.2, 0.25) is 0 Å². The van der Waals surface area contributed by atoms with Gasteiger partial charge in [0.25, 0.3) is 0 Å². The average molecular weight is 246 g/mol. The molecule has 0 rings (SSSR count). The van der Waals surface area contributed by atoms with Crippen LogP contribution in [0.3, 0.4) is 0 Å². The van der Waals surface area contributed by atoms with Crippen LogP contribution in [0.15, 0.2) is 0 Å². The molecular formula is C10H16NO6-. The summed E-state index contributed by atoms with van der Waals surface area (Å²) in [5, 5.41) is 12.7. The quantitative estimate of drug-likeness (QED) is 0.650. The summed E-state index contributed by atoms with van der Waals surface area (Å²) in [5.74, 6) is -2.35. The van der Waals surface area contributed by atoms with E-state index in [2.05, 4.69) is 4.74 Å². The van der Waals surface area contributed by atoms with Crippen molar-refractivity contribution in [3.63, 3.8) is 0 Å². The van der Waals surface area contributed by atoms with Crippen LogP contribution in [-0.2, 0) is 19.1 Å². The standard InChI is InChI=1S/C10H17NO6/c1-10(2,3)17-9(15)11-6(8(13)14)5-7(12)16-4/h6H,5H2,1-4H3,(H,11,15)(H,13,14)/p-1. The summed E-state index contributed by atoms with van der Waals surface area (Å²) in [6.45, 7) is 4.88. The molecule has 7 nitrogen and oxygen atoms in total. The number of hydrogen-bond acceptors (Lipinski definition) is 6. The van der Waals surface area contributed by atoms with E-state index >= 15 is 0 Å². The molecule has 0 saturated heterocycles. The summed E-state index contributed by atoms with van der Waals surface area (Å²) in [6.07, 6.45) is -1.45. The smallest absolute Gasteiger partial charge is 0.408 e. The van der Waals surface area contributed by atoms with Gasteiger partial charge < -0.3 is 24.7 Å². The van der Waals surface area contributed by atoms with Gasteiger partial charge in [0.15, 0.2) is 0 Å². The lowest BCUT2D eigenvalue weighted by Crippen LogP contribution is -2.50. The Bertz CT molecular complexity index is 306. The summed E-state index contributed by atoms with van der Waals surface area (Å²) in [6, 6.07) is -1.47. The number of carbonyl (C=O) groups is 3. The van der Waals surface area contributed by atoms with Gasteiger partial charge in [-0.25, -0.2) is 4.79 Å². The van der Waals surface area contributed by atoms with E-state index < -0.39 is 36.1 Å². The zero-order valence-electron chi connectivity index (χ0n) is 10.2. The van der Waals surface area contributed by atoms with Crippen molar-refractivity contribution in [1.29, 1.82) is 0 Å². The monoisotopic (exact) mass is 246 g/mol. The van der Waals surface area contributed by atoms with Gasteiger partial charge in [-0.2, -0.15) is 0 Å². The molecule has 1 atom stereocenters. The first-order valence-electron chi connectivity index (χ1n) is 4.93. The van der Waals surface area contributed by atoms with Crippen LogP contribution in [0.25, 0.3) is 0 Å². The van der Waals surface area contributed by atoms with Crippen molar-refractivity contribution in [2.75, 3.05) is 7.11 Å². The van der Waals surface area contributed by atoms with Crippen LogP contribution >= 0.6 is 0 Å². The number of aliphatic carboxylic acids is 1. The number of hydrogen-bond donors (Lipinski definition) is 1. The molecule has 0 heterocycles. The molecule has 98 valence electrons. The third kappa shape index (κ3) is 7.15. The number of ether oxygens (including phenoxy) is 2. The second kappa shape index (κ2) is 6.07. The summed E-state index contributed by atoms with van der Waals surface area (Å²) in [5.41, 5.74) is -0.758. The van der Waals surface area contributed by atoms with Crippen LogP contribution in [0.4, 0.5) is 4.79 Å². The highest BCUT2D eigenvalue weighted by molar-refractivity contribution is 5.84. The number of carboxylic acids is 1. The third-order valence-corrected chi connectivity index (χ3v) is 1.57. The van der Waals surface area contributed by atoms with E-state index in [1.54, 1.807) is 20.8 Å². The van der Waals surface area contributed by atoms with Crippen molar-refractivity contribution >= 4 is 18.0 Å². The number of carboxylic acid groups (broad SMARTS) is 1. The average Bonchev–Trinajstić information content (AvgIpc) is 2.13. The Morgan fingerprint density at radius 2 is 1.82 bits per heavy atom. The van der Waals surface area contributed by atoms with Crippen molar-refractivity contribution in [3.05, 3.63) is 0 Å². The molecule has 0 spiro atoms. The molecule has 0 saturated carbocycles. The lowest BCUT2D eigenvalue weighted by molar-refractivity contribution is -0.308. The fourth-order valence-electron chi connectivity index (χ4n) is 0.893. The summed E-state index contributed by atoms with van der Waals surface area (Å²) in [4.78, 5) is 32.8. The first-order chi connectivity index (χ1) is 7.65. The fourth-order valence-corrected chi connectivity index (χ4v) is 0.893. The Morgan fingerprint density at radius 1 is 1.29 bits per heavy atom. The number of rotatable bonds is 4. The van der Waals surface area contributed by atoms with Gasteiger partial charge in [-0.05, 0) is 20.8 Å². The normalized spacial score (nSPS) is 12.5. The van der Waals surface area contributed by atoms with Crippen molar-refractivity contribution in [2.24, 2.45) is 0 Å². The maximum absolute atomic E-state index is 11.3. The van der Waals surface area contributed by atoms with Gasteiger partial charge in [0.05, 0.1) is 25.5 Å². The Balaban J connectivity index is 4.41. The molecule has 1 N–H and O–H groups in total. The molecule has 0 aromatic carbocycles. The lowest BCUT2D eigenvalue weighted by atomic mass is 10.2. The molecule has 0 aromatic heterocycles. The molecule has 0 aliphatic rings. The summed E-state index contributed by atoms with van der Waals surface area (Å²) < 4.78 is 9.13. The molecule has 0 radical (unpaired) electrons. The molecular weight excluding hydrogens is 230 g/mol. The second-order valence-electron chi connectivity index (χ2n) is 4.30. The predicted octanol–water partition coefficient (Wildman–Crippen LogP) is -0.807. The second-order valence-corrected chi connectivity index (χ2v) is 4.30. The van der Waals surface area contributed by atoms with Gasteiger partial charge in [0, 0.05) is 0 Å². The van der Waals surface area contributed by atoms with E-state index in [4.69, 9.17) is 4.74 Å². The van der Waals surface area contributed by atoms with Crippen molar-refractivity contribution < 1.29 is 29.0 Å². The highest BCUT2D eigenvalue weighted by Crippen LogP contribution is 2.07. The fraction of sp³-hybridized carbons (Fsp3) is 0.700. The number of amides is 1. The van der Waals surface area contributed by atoms with Gasteiger partial charge in [0.2, 0.25) is 0 Å². The van der Waals surface area contributed by atoms with Crippen LogP contribution in [0.1, 0.15) is 27.2 Å². The number of alkyl carbamates (subject to hydrolysis) is 1. The number of methoxy groups -OCH3 is 1. The topological polar surface area (TPSA) is 105 Å². The summed E-state index contributed by atoms with van der Waals surface area (Å²) >= 11 is 0. The highest BCUT2D eigenvalue weighted by atomic mass is 16.6. The highest BCUT2D eigenvalue weighted by Gasteiger charge is 2.22. The van der Waals surface area contributed by atoms with E-state index in [1.165, 1.54) is 0 Å². The van der Waals surface area contributed by atoms with Gasteiger partial charge >= 0.3 is 12.1 Å². The zero-order valence-corrected chi connectivity index (χ0v) is 10.2. The van der Waals surface area contributed by atoms with Gasteiger partial charge in [-0.3, -0.25) is 4.79 Å². The van der Waals surface area contributed by atoms with Crippen LogP contribution in [-0.4, -0.2) is 36.8 Å². The van der Waals surface area contributed by atoms with Crippen LogP contribution in [0, 0.1) is 0 Å².